The normalized spacial score (nSPS) is 12.5. The molecule has 1 atom stereocenters. The van der Waals surface area contributed by atoms with Gasteiger partial charge in [0.25, 0.3) is 0 Å². The van der Waals surface area contributed by atoms with Gasteiger partial charge < -0.3 is 15.2 Å². The number of para-hydroxylation sites is 1. The molecule has 0 aliphatic heterocycles. The highest BCUT2D eigenvalue weighted by molar-refractivity contribution is 5.57. The summed E-state index contributed by atoms with van der Waals surface area (Å²) in [6.07, 6.45) is 2.49. The molecule has 2 aromatic rings. The van der Waals surface area contributed by atoms with Gasteiger partial charge in [0.15, 0.2) is 0 Å². The van der Waals surface area contributed by atoms with Gasteiger partial charge in [-0.1, -0.05) is 36.4 Å². The molecule has 23 heavy (non-hydrogen) atoms. The summed E-state index contributed by atoms with van der Waals surface area (Å²) < 4.78 is 32.3. The van der Waals surface area contributed by atoms with E-state index in [0.717, 1.165) is 23.4 Å². The van der Waals surface area contributed by atoms with Crippen molar-refractivity contribution >= 4 is 6.08 Å². The third-order valence-corrected chi connectivity index (χ3v) is 3.37. The van der Waals surface area contributed by atoms with Crippen molar-refractivity contribution in [2.24, 2.45) is 0 Å². The molecule has 122 valence electrons. The molecule has 0 radical (unpaired) electrons. The van der Waals surface area contributed by atoms with Crippen molar-refractivity contribution in [1.82, 2.24) is 5.32 Å². The van der Waals surface area contributed by atoms with E-state index in [1.165, 1.54) is 6.07 Å². The fourth-order valence-corrected chi connectivity index (χ4v) is 2.22. The molecule has 0 aliphatic rings. The highest BCUT2D eigenvalue weighted by Crippen LogP contribution is 2.20. The third-order valence-electron chi connectivity index (χ3n) is 3.37. The summed E-state index contributed by atoms with van der Waals surface area (Å²) in [5.74, 6) is -0.732. The Morgan fingerprint density at radius 1 is 1.13 bits per heavy atom. The Morgan fingerprint density at radius 2 is 1.83 bits per heavy atom. The molecule has 5 heteroatoms. The molecule has 0 heterocycles. The molecular formula is C18H19F2NO2. The second-order valence-corrected chi connectivity index (χ2v) is 4.95. The summed E-state index contributed by atoms with van der Waals surface area (Å²) in [4.78, 5) is 0. The molecule has 0 amide bonds. The van der Waals surface area contributed by atoms with Crippen LogP contribution in [0.3, 0.4) is 0 Å². The van der Waals surface area contributed by atoms with Crippen LogP contribution in [0.1, 0.15) is 17.2 Å². The minimum absolute atomic E-state index is 0.0497. The Hall–Kier alpha value is -2.24. The molecule has 0 fully saturated rings. The fourth-order valence-electron chi connectivity index (χ4n) is 2.22. The minimum atomic E-state index is -1.24. The third kappa shape index (κ3) is 4.61. The summed E-state index contributed by atoms with van der Waals surface area (Å²) >= 11 is 0. The van der Waals surface area contributed by atoms with E-state index in [-0.39, 0.29) is 12.1 Å². The monoisotopic (exact) mass is 319 g/mol. The zero-order valence-corrected chi connectivity index (χ0v) is 12.8. The number of aliphatic hydroxyl groups excluding tert-OH is 1. The molecule has 0 spiro atoms. The van der Waals surface area contributed by atoms with Gasteiger partial charge in [0.05, 0.1) is 18.8 Å². The predicted octanol–water partition coefficient (Wildman–Crippen LogP) is 3.31. The number of rotatable bonds is 7. The average Bonchev–Trinajstić information content (AvgIpc) is 2.54. The summed E-state index contributed by atoms with van der Waals surface area (Å²) in [6.45, 7) is 0.499. The smallest absolute Gasteiger partial charge is 0.131 e. The standard InChI is InChI=1S/C18H19F2NO2/c1-23-17-10-3-2-6-13(17)7-5-11-21-12-16(22)18-14(19)8-4-9-15(18)20/h2-10,16,21-22H,11-12H2,1H3. The van der Waals surface area contributed by atoms with Crippen LogP contribution in [-0.4, -0.2) is 25.3 Å². The second-order valence-electron chi connectivity index (χ2n) is 4.95. The molecule has 0 aromatic heterocycles. The molecule has 3 nitrogen and oxygen atoms in total. The van der Waals surface area contributed by atoms with Crippen molar-refractivity contribution in [1.29, 1.82) is 0 Å². The maximum atomic E-state index is 13.5. The van der Waals surface area contributed by atoms with Gasteiger partial charge in [-0.15, -0.1) is 0 Å². The van der Waals surface area contributed by atoms with E-state index < -0.39 is 17.7 Å². The van der Waals surface area contributed by atoms with E-state index >= 15 is 0 Å². The van der Waals surface area contributed by atoms with Gasteiger partial charge in [-0.3, -0.25) is 0 Å². The molecule has 0 aliphatic carbocycles. The van der Waals surface area contributed by atoms with Crippen molar-refractivity contribution < 1.29 is 18.6 Å². The van der Waals surface area contributed by atoms with Crippen molar-refractivity contribution in [3.8, 4) is 5.75 Å². The number of hydrogen-bond donors (Lipinski definition) is 2. The molecule has 1 unspecified atom stereocenters. The first-order chi connectivity index (χ1) is 11.1. The van der Waals surface area contributed by atoms with Gasteiger partial charge in [-0.05, 0) is 18.2 Å². The first kappa shape index (κ1) is 17.1. The number of aliphatic hydroxyl groups is 1. The fraction of sp³-hybridized carbons (Fsp3) is 0.222. The quantitative estimate of drug-likeness (QED) is 0.769. The maximum absolute atomic E-state index is 13.5. The van der Waals surface area contributed by atoms with Crippen LogP contribution in [0.4, 0.5) is 8.78 Å². The first-order valence-corrected chi connectivity index (χ1v) is 7.25. The predicted molar refractivity (Wildman–Crippen MR) is 86.2 cm³/mol. The lowest BCUT2D eigenvalue weighted by atomic mass is 10.1. The zero-order chi connectivity index (χ0) is 16.7. The van der Waals surface area contributed by atoms with Crippen molar-refractivity contribution in [2.45, 2.75) is 6.10 Å². The number of hydrogen-bond acceptors (Lipinski definition) is 3. The van der Waals surface area contributed by atoms with Crippen molar-refractivity contribution in [2.75, 3.05) is 20.2 Å². The Morgan fingerprint density at radius 3 is 2.52 bits per heavy atom. The van der Waals surface area contributed by atoms with E-state index in [1.807, 2.05) is 36.4 Å². The largest absolute Gasteiger partial charge is 0.496 e. The topological polar surface area (TPSA) is 41.5 Å². The Balaban J connectivity index is 1.87. The van der Waals surface area contributed by atoms with Gasteiger partial charge in [-0.2, -0.15) is 0 Å². The van der Waals surface area contributed by atoms with Gasteiger partial charge in [0, 0.05) is 18.7 Å². The van der Waals surface area contributed by atoms with Gasteiger partial charge in [0.2, 0.25) is 0 Å². The number of ether oxygens (including phenoxy) is 1. The summed E-state index contributed by atoms with van der Waals surface area (Å²) in [7, 11) is 1.60. The van der Waals surface area contributed by atoms with Crippen LogP contribution in [0.15, 0.2) is 48.5 Å². The summed E-state index contributed by atoms with van der Waals surface area (Å²) in [6, 6.07) is 11.1. The number of methoxy groups -OCH3 is 1. The van der Waals surface area contributed by atoms with Crippen LogP contribution in [0.2, 0.25) is 0 Å². The van der Waals surface area contributed by atoms with E-state index in [4.69, 9.17) is 4.74 Å². The van der Waals surface area contributed by atoms with Gasteiger partial charge in [-0.25, -0.2) is 8.78 Å². The van der Waals surface area contributed by atoms with Crippen LogP contribution >= 0.6 is 0 Å². The second kappa shape index (κ2) is 8.41. The number of nitrogens with one attached hydrogen (secondary N) is 1. The van der Waals surface area contributed by atoms with Crippen LogP contribution < -0.4 is 10.1 Å². The van der Waals surface area contributed by atoms with Crippen molar-refractivity contribution in [3.63, 3.8) is 0 Å². The van der Waals surface area contributed by atoms with E-state index in [2.05, 4.69) is 5.32 Å². The SMILES string of the molecule is COc1ccccc1C=CCNCC(O)c1c(F)cccc1F. The Kier molecular flexibility index (Phi) is 6.26. The molecule has 2 N–H and O–H groups in total. The average molecular weight is 319 g/mol. The molecule has 2 aromatic carbocycles. The van der Waals surface area contributed by atoms with E-state index in [9.17, 15) is 13.9 Å². The number of benzene rings is 2. The molecule has 2 rings (SSSR count). The number of halogens is 2. The van der Waals surface area contributed by atoms with Crippen LogP contribution in [0.25, 0.3) is 6.08 Å². The highest BCUT2D eigenvalue weighted by Gasteiger charge is 2.16. The molecule has 0 saturated carbocycles. The van der Waals surface area contributed by atoms with Crippen LogP contribution in [0, 0.1) is 11.6 Å². The van der Waals surface area contributed by atoms with Crippen LogP contribution in [-0.2, 0) is 0 Å². The highest BCUT2D eigenvalue weighted by atomic mass is 19.1. The van der Waals surface area contributed by atoms with E-state index in [1.54, 1.807) is 7.11 Å². The lowest BCUT2D eigenvalue weighted by Gasteiger charge is -2.13. The Labute approximate surface area is 134 Å². The summed E-state index contributed by atoms with van der Waals surface area (Å²) in [5.41, 5.74) is 0.617. The first-order valence-electron chi connectivity index (χ1n) is 7.25. The van der Waals surface area contributed by atoms with Gasteiger partial charge >= 0.3 is 0 Å². The maximum Gasteiger partial charge on any atom is 0.131 e. The zero-order valence-electron chi connectivity index (χ0n) is 12.8. The molecule has 0 bridgehead atoms. The Bertz CT molecular complexity index is 654. The molecular weight excluding hydrogens is 300 g/mol. The summed E-state index contributed by atoms with van der Waals surface area (Å²) in [5, 5.41) is 12.8. The van der Waals surface area contributed by atoms with Crippen molar-refractivity contribution in [3.05, 3.63) is 71.3 Å². The van der Waals surface area contributed by atoms with E-state index in [0.29, 0.717) is 6.54 Å². The molecule has 0 saturated heterocycles. The lowest BCUT2D eigenvalue weighted by molar-refractivity contribution is 0.166. The van der Waals surface area contributed by atoms with Crippen LogP contribution in [0.5, 0.6) is 5.75 Å². The minimum Gasteiger partial charge on any atom is -0.496 e. The lowest BCUT2D eigenvalue weighted by Crippen LogP contribution is -2.22. The van der Waals surface area contributed by atoms with Gasteiger partial charge in [0.1, 0.15) is 17.4 Å².